The van der Waals surface area contributed by atoms with Crippen LogP contribution in [0.2, 0.25) is 0 Å². The molecule has 0 saturated heterocycles. The minimum atomic E-state index is 0.964. The molecule has 0 bridgehead atoms. The van der Waals surface area contributed by atoms with E-state index in [-0.39, 0.29) is 0 Å². The van der Waals surface area contributed by atoms with Gasteiger partial charge in [-0.2, -0.15) is 0 Å². The molecule has 80 valence electrons. The van der Waals surface area contributed by atoms with Crippen molar-refractivity contribution in [3.63, 3.8) is 0 Å². The van der Waals surface area contributed by atoms with Crippen LogP contribution in [0, 0.1) is 0 Å². The molecule has 0 fully saturated rings. The molecule has 0 heterocycles. The molecule has 0 N–H and O–H groups in total. The van der Waals surface area contributed by atoms with Gasteiger partial charge in [0.25, 0.3) is 0 Å². The van der Waals surface area contributed by atoms with Gasteiger partial charge in [-0.3, -0.25) is 0 Å². The summed E-state index contributed by atoms with van der Waals surface area (Å²) in [7, 11) is 0. The lowest BCUT2D eigenvalue weighted by atomic mass is 10.2. The Morgan fingerprint density at radius 2 is 1.46 bits per heavy atom. The van der Waals surface area contributed by atoms with Gasteiger partial charge in [0.05, 0.1) is 0 Å². The fourth-order valence-electron chi connectivity index (χ4n) is 1.21. The average Bonchev–Trinajstić information content (AvgIpc) is 2.16. The van der Waals surface area contributed by atoms with E-state index in [2.05, 4.69) is 22.9 Å². The van der Waals surface area contributed by atoms with Gasteiger partial charge in [0.15, 0.2) is 0 Å². The van der Waals surface area contributed by atoms with Crippen molar-refractivity contribution in [3.8, 4) is 0 Å². The summed E-state index contributed by atoms with van der Waals surface area (Å²) in [6.45, 7) is 4.15. The lowest BCUT2D eigenvalue weighted by Crippen LogP contribution is -1.96. The number of halogens is 1. The summed E-state index contributed by atoms with van der Waals surface area (Å²) in [5.74, 6) is 0. The standard InChI is InChI=1S/C11H23BrO/c1-2-3-7-10-13-11-8-5-4-6-9-12/h2-11H2,1H3. The molecular formula is C11H23BrO. The zero-order chi connectivity index (χ0) is 9.78. The van der Waals surface area contributed by atoms with Crippen LogP contribution in [0.4, 0.5) is 0 Å². The van der Waals surface area contributed by atoms with Crippen LogP contribution in [0.25, 0.3) is 0 Å². The van der Waals surface area contributed by atoms with E-state index in [1.165, 1.54) is 44.9 Å². The summed E-state index contributed by atoms with van der Waals surface area (Å²) in [6.07, 6.45) is 9.02. The van der Waals surface area contributed by atoms with Gasteiger partial charge < -0.3 is 4.74 Å². The van der Waals surface area contributed by atoms with Gasteiger partial charge in [-0.25, -0.2) is 0 Å². The van der Waals surface area contributed by atoms with Crippen molar-refractivity contribution in [2.24, 2.45) is 0 Å². The van der Waals surface area contributed by atoms with E-state index in [0.29, 0.717) is 0 Å². The molecule has 0 atom stereocenters. The highest BCUT2D eigenvalue weighted by molar-refractivity contribution is 9.09. The second-order valence-electron chi connectivity index (χ2n) is 3.42. The van der Waals surface area contributed by atoms with Gasteiger partial charge in [0.2, 0.25) is 0 Å². The number of rotatable bonds is 10. The van der Waals surface area contributed by atoms with Crippen LogP contribution in [0.1, 0.15) is 51.9 Å². The second-order valence-corrected chi connectivity index (χ2v) is 4.22. The summed E-state index contributed by atoms with van der Waals surface area (Å²) in [5, 5.41) is 1.14. The number of hydrogen-bond donors (Lipinski definition) is 0. The van der Waals surface area contributed by atoms with E-state index >= 15 is 0 Å². The van der Waals surface area contributed by atoms with E-state index < -0.39 is 0 Å². The highest BCUT2D eigenvalue weighted by Crippen LogP contribution is 2.02. The summed E-state index contributed by atoms with van der Waals surface area (Å²) < 4.78 is 5.50. The molecule has 0 aromatic carbocycles. The number of unbranched alkanes of at least 4 members (excludes halogenated alkanes) is 5. The zero-order valence-electron chi connectivity index (χ0n) is 8.86. The first-order chi connectivity index (χ1) is 6.41. The molecule has 0 spiro atoms. The highest BCUT2D eigenvalue weighted by atomic mass is 79.9. The van der Waals surface area contributed by atoms with Crippen molar-refractivity contribution in [2.75, 3.05) is 18.5 Å². The predicted octanol–water partition coefficient (Wildman–Crippen LogP) is 4.15. The van der Waals surface area contributed by atoms with Crippen molar-refractivity contribution in [1.29, 1.82) is 0 Å². The molecule has 0 saturated carbocycles. The fraction of sp³-hybridized carbons (Fsp3) is 1.00. The molecule has 0 aromatic heterocycles. The van der Waals surface area contributed by atoms with Gasteiger partial charge in [0.1, 0.15) is 0 Å². The van der Waals surface area contributed by atoms with E-state index in [4.69, 9.17) is 4.74 Å². The van der Waals surface area contributed by atoms with Crippen LogP contribution in [0.5, 0.6) is 0 Å². The topological polar surface area (TPSA) is 9.23 Å². The maximum Gasteiger partial charge on any atom is 0.0466 e. The van der Waals surface area contributed by atoms with Gasteiger partial charge >= 0.3 is 0 Å². The summed E-state index contributed by atoms with van der Waals surface area (Å²) in [6, 6.07) is 0. The van der Waals surface area contributed by atoms with E-state index in [9.17, 15) is 0 Å². The van der Waals surface area contributed by atoms with Crippen molar-refractivity contribution >= 4 is 15.9 Å². The maximum atomic E-state index is 5.50. The van der Waals surface area contributed by atoms with Gasteiger partial charge in [-0.15, -0.1) is 0 Å². The number of hydrogen-bond acceptors (Lipinski definition) is 1. The molecule has 0 aliphatic carbocycles. The Hall–Kier alpha value is 0.440. The third-order valence-corrected chi connectivity index (χ3v) is 2.63. The third kappa shape index (κ3) is 12.4. The molecule has 0 aliphatic heterocycles. The molecule has 0 rings (SSSR count). The minimum absolute atomic E-state index is 0.964. The maximum absolute atomic E-state index is 5.50. The molecule has 0 unspecified atom stereocenters. The monoisotopic (exact) mass is 250 g/mol. The normalized spacial score (nSPS) is 10.6. The Kier molecular flexibility index (Phi) is 12.9. The van der Waals surface area contributed by atoms with E-state index in [1.807, 2.05) is 0 Å². The molecule has 1 nitrogen and oxygen atoms in total. The fourth-order valence-corrected chi connectivity index (χ4v) is 1.60. The van der Waals surface area contributed by atoms with Crippen molar-refractivity contribution in [3.05, 3.63) is 0 Å². The van der Waals surface area contributed by atoms with Crippen molar-refractivity contribution in [2.45, 2.75) is 51.9 Å². The van der Waals surface area contributed by atoms with Crippen molar-refractivity contribution < 1.29 is 4.74 Å². The second kappa shape index (κ2) is 12.4. The Bertz CT molecular complexity index is 76.2. The quantitative estimate of drug-likeness (QED) is 0.418. The van der Waals surface area contributed by atoms with Crippen LogP contribution >= 0.6 is 15.9 Å². The summed E-state index contributed by atoms with van der Waals surface area (Å²) in [5.41, 5.74) is 0. The molecule has 0 aromatic rings. The largest absolute Gasteiger partial charge is 0.381 e. The average molecular weight is 251 g/mol. The number of alkyl halides is 1. The van der Waals surface area contributed by atoms with E-state index in [1.54, 1.807) is 0 Å². The van der Waals surface area contributed by atoms with E-state index in [0.717, 1.165) is 18.5 Å². The summed E-state index contributed by atoms with van der Waals surface area (Å²) in [4.78, 5) is 0. The Morgan fingerprint density at radius 3 is 2.08 bits per heavy atom. The first-order valence-corrected chi connectivity index (χ1v) is 6.67. The van der Waals surface area contributed by atoms with Crippen LogP contribution in [0.15, 0.2) is 0 Å². The minimum Gasteiger partial charge on any atom is -0.381 e. The molecule has 0 aliphatic rings. The van der Waals surface area contributed by atoms with Crippen LogP contribution in [0.3, 0.4) is 0 Å². The summed E-state index contributed by atoms with van der Waals surface area (Å²) >= 11 is 3.43. The van der Waals surface area contributed by atoms with Gasteiger partial charge in [0, 0.05) is 18.5 Å². The first kappa shape index (κ1) is 13.4. The van der Waals surface area contributed by atoms with Crippen LogP contribution in [-0.2, 0) is 4.74 Å². The highest BCUT2D eigenvalue weighted by Gasteiger charge is 1.90. The molecule has 2 heteroatoms. The Balaban J connectivity index is 2.76. The van der Waals surface area contributed by atoms with Gasteiger partial charge in [-0.05, 0) is 19.3 Å². The molecule has 0 radical (unpaired) electrons. The van der Waals surface area contributed by atoms with Crippen molar-refractivity contribution in [1.82, 2.24) is 0 Å². The Labute approximate surface area is 91.4 Å². The molecule has 13 heavy (non-hydrogen) atoms. The molecule has 0 amide bonds. The van der Waals surface area contributed by atoms with Crippen LogP contribution in [-0.4, -0.2) is 18.5 Å². The SMILES string of the molecule is CCCCCOCCCCCCBr. The van der Waals surface area contributed by atoms with Gasteiger partial charge in [-0.1, -0.05) is 48.5 Å². The van der Waals surface area contributed by atoms with Crippen LogP contribution < -0.4 is 0 Å². The number of ether oxygens (including phenoxy) is 1. The predicted molar refractivity (Wildman–Crippen MR) is 62.6 cm³/mol. The lowest BCUT2D eigenvalue weighted by Gasteiger charge is -2.02. The smallest absolute Gasteiger partial charge is 0.0466 e. The third-order valence-electron chi connectivity index (χ3n) is 2.06. The zero-order valence-corrected chi connectivity index (χ0v) is 10.4. The molecular weight excluding hydrogens is 228 g/mol. The Morgan fingerprint density at radius 1 is 0.846 bits per heavy atom. The first-order valence-electron chi connectivity index (χ1n) is 5.55. The lowest BCUT2D eigenvalue weighted by molar-refractivity contribution is 0.126.